The average molecular weight is 384 g/mol. The predicted octanol–water partition coefficient (Wildman–Crippen LogP) is 3.62. The van der Waals surface area contributed by atoms with E-state index >= 15 is 0 Å². The number of rotatable bonds is 7. The molecular formula is C21H24N2O5. The Bertz CT molecular complexity index is 829. The molecule has 0 saturated carbocycles. The van der Waals surface area contributed by atoms with Gasteiger partial charge in [-0.25, -0.2) is 4.79 Å². The molecule has 1 atom stereocenters. The number of carbonyl (C=O) groups excluding carboxylic acids is 3. The lowest BCUT2D eigenvalue weighted by Crippen LogP contribution is -2.30. The Hall–Kier alpha value is -3.35. The van der Waals surface area contributed by atoms with Gasteiger partial charge in [-0.05, 0) is 69.3 Å². The number of anilines is 2. The number of hydrogen-bond acceptors (Lipinski definition) is 5. The van der Waals surface area contributed by atoms with Gasteiger partial charge >= 0.3 is 5.97 Å². The van der Waals surface area contributed by atoms with Crippen LogP contribution in [0.5, 0.6) is 5.75 Å². The molecule has 28 heavy (non-hydrogen) atoms. The second-order valence-electron chi connectivity index (χ2n) is 6.49. The van der Waals surface area contributed by atoms with Gasteiger partial charge in [0.1, 0.15) is 5.75 Å². The number of carbonyl (C=O) groups is 3. The second-order valence-corrected chi connectivity index (χ2v) is 6.49. The van der Waals surface area contributed by atoms with E-state index in [0.29, 0.717) is 22.7 Å². The van der Waals surface area contributed by atoms with Crippen molar-refractivity contribution in [1.82, 2.24) is 0 Å². The van der Waals surface area contributed by atoms with E-state index in [1.54, 1.807) is 48.5 Å². The van der Waals surface area contributed by atoms with Crippen molar-refractivity contribution in [3.05, 3.63) is 54.1 Å². The first-order valence-electron chi connectivity index (χ1n) is 8.91. The van der Waals surface area contributed by atoms with Crippen molar-refractivity contribution in [3.63, 3.8) is 0 Å². The molecule has 0 aromatic heterocycles. The van der Waals surface area contributed by atoms with E-state index in [-0.39, 0.29) is 12.0 Å². The molecule has 7 nitrogen and oxygen atoms in total. The summed E-state index contributed by atoms with van der Waals surface area (Å²) in [4.78, 5) is 35.5. The molecule has 0 aliphatic heterocycles. The summed E-state index contributed by atoms with van der Waals surface area (Å²) in [6.07, 6.45) is -0.942. The summed E-state index contributed by atoms with van der Waals surface area (Å²) < 4.78 is 10.7. The lowest BCUT2D eigenvalue weighted by molar-refractivity contribution is -0.123. The van der Waals surface area contributed by atoms with Gasteiger partial charge in [0.15, 0.2) is 6.10 Å². The highest BCUT2D eigenvalue weighted by atomic mass is 16.5. The first kappa shape index (κ1) is 21.0. The van der Waals surface area contributed by atoms with Gasteiger partial charge in [-0.1, -0.05) is 0 Å². The monoisotopic (exact) mass is 384 g/mol. The minimum Gasteiger partial charge on any atom is -0.491 e. The third-order valence-corrected chi connectivity index (χ3v) is 3.59. The fraction of sp³-hybridized carbons (Fsp3) is 0.286. The molecule has 2 rings (SSSR count). The van der Waals surface area contributed by atoms with E-state index in [0.717, 1.165) is 0 Å². The summed E-state index contributed by atoms with van der Waals surface area (Å²) in [5.74, 6) is -0.582. The molecule has 0 saturated heterocycles. The van der Waals surface area contributed by atoms with E-state index < -0.39 is 18.0 Å². The number of benzene rings is 2. The summed E-state index contributed by atoms with van der Waals surface area (Å²) in [7, 11) is 0. The number of nitrogens with one attached hydrogen (secondary N) is 2. The lowest BCUT2D eigenvalue weighted by atomic mass is 10.2. The standard InChI is InChI=1S/C21H24N2O5/c1-13(2)27-19-11-5-16(6-12-19)21(26)28-14(3)20(25)23-18-9-7-17(8-10-18)22-15(4)24/h5-14H,1-4H3,(H,22,24)(H,23,25)/t14-/m0/s1. The molecule has 2 amide bonds. The molecule has 148 valence electrons. The first-order valence-corrected chi connectivity index (χ1v) is 8.91. The molecule has 0 aliphatic carbocycles. The van der Waals surface area contributed by atoms with E-state index in [1.807, 2.05) is 13.8 Å². The molecule has 2 aromatic carbocycles. The summed E-state index contributed by atoms with van der Waals surface area (Å²) in [5, 5.41) is 5.30. The zero-order chi connectivity index (χ0) is 20.7. The van der Waals surface area contributed by atoms with Crippen LogP contribution in [0, 0.1) is 0 Å². The third-order valence-electron chi connectivity index (χ3n) is 3.59. The van der Waals surface area contributed by atoms with Crippen molar-refractivity contribution in [2.24, 2.45) is 0 Å². The van der Waals surface area contributed by atoms with Crippen molar-refractivity contribution in [2.45, 2.75) is 39.9 Å². The minimum absolute atomic E-state index is 0.0360. The van der Waals surface area contributed by atoms with Crippen molar-refractivity contribution < 1.29 is 23.9 Å². The molecule has 2 N–H and O–H groups in total. The quantitative estimate of drug-likeness (QED) is 0.711. The average Bonchev–Trinajstić information content (AvgIpc) is 2.63. The van der Waals surface area contributed by atoms with Gasteiger partial charge in [-0.3, -0.25) is 9.59 Å². The summed E-state index contributed by atoms with van der Waals surface area (Å²) >= 11 is 0. The largest absolute Gasteiger partial charge is 0.491 e. The Morgan fingerprint density at radius 1 is 0.821 bits per heavy atom. The van der Waals surface area contributed by atoms with Gasteiger partial charge in [0.05, 0.1) is 11.7 Å². The van der Waals surface area contributed by atoms with Crippen LogP contribution < -0.4 is 15.4 Å². The fourth-order valence-corrected chi connectivity index (χ4v) is 2.31. The van der Waals surface area contributed by atoms with Gasteiger partial charge in [0.2, 0.25) is 5.91 Å². The van der Waals surface area contributed by atoms with E-state index in [4.69, 9.17) is 9.47 Å². The van der Waals surface area contributed by atoms with Gasteiger partial charge in [0.25, 0.3) is 5.91 Å². The Labute approximate surface area is 164 Å². The molecule has 0 unspecified atom stereocenters. The maximum Gasteiger partial charge on any atom is 0.338 e. The fourth-order valence-electron chi connectivity index (χ4n) is 2.31. The van der Waals surface area contributed by atoms with Gasteiger partial charge in [-0.15, -0.1) is 0 Å². The van der Waals surface area contributed by atoms with Crippen LogP contribution in [0.1, 0.15) is 38.1 Å². The Kier molecular flexibility index (Phi) is 7.14. The number of hydrogen-bond donors (Lipinski definition) is 2. The summed E-state index contributed by atoms with van der Waals surface area (Å²) in [6.45, 7) is 6.73. The van der Waals surface area contributed by atoms with Crippen molar-refractivity contribution in [3.8, 4) is 5.75 Å². The van der Waals surface area contributed by atoms with E-state index in [1.165, 1.54) is 13.8 Å². The molecule has 0 fully saturated rings. The number of ether oxygens (including phenoxy) is 2. The summed E-state index contributed by atoms with van der Waals surface area (Å²) in [5.41, 5.74) is 1.47. The van der Waals surface area contributed by atoms with Crippen molar-refractivity contribution in [2.75, 3.05) is 10.6 Å². The Morgan fingerprint density at radius 3 is 1.86 bits per heavy atom. The van der Waals surface area contributed by atoms with Crippen LogP contribution in [0.3, 0.4) is 0 Å². The van der Waals surface area contributed by atoms with Crippen LogP contribution in [0.25, 0.3) is 0 Å². The highest BCUT2D eigenvalue weighted by Crippen LogP contribution is 2.16. The predicted molar refractivity (Wildman–Crippen MR) is 106 cm³/mol. The lowest BCUT2D eigenvalue weighted by Gasteiger charge is -2.14. The minimum atomic E-state index is -0.978. The highest BCUT2D eigenvalue weighted by Gasteiger charge is 2.19. The molecule has 0 spiro atoms. The molecule has 0 radical (unpaired) electrons. The number of amides is 2. The maximum absolute atomic E-state index is 12.2. The molecule has 7 heteroatoms. The normalized spacial score (nSPS) is 11.5. The highest BCUT2D eigenvalue weighted by molar-refractivity contribution is 5.97. The van der Waals surface area contributed by atoms with Crippen LogP contribution >= 0.6 is 0 Å². The molecule has 0 aliphatic rings. The molecule has 2 aromatic rings. The molecule has 0 bridgehead atoms. The van der Waals surface area contributed by atoms with Crippen molar-refractivity contribution in [1.29, 1.82) is 0 Å². The molecular weight excluding hydrogens is 360 g/mol. The smallest absolute Gasteiger partial charge is 0.338 e. The first-order chi connectivity index (χ1) is 13.2. The summed E-state index contributed by atoms with van der Waals surface area (Å²) in [6, 6.07) is 13.1. The second kappa shape index (κ2) is 9.55. The van der Waals surface area contributed by atoms with Gasteiger partial charge < -0.3 is 20.1 Å². The maximum atomic E-state index is 12.2. The SMILES string of the molecule is CC(=O)Nc1ccc(NC(=O)[C@H](C)OC(=O)c2ccc(OC(C)C)cc2)cc1. The van der Waals surface area contributed by atoms with Gasteiger partial charge in [0, 0.05) is 18.3 Å². The van der Waals surface area contributed by atoms with Crippen LogP contribution in [-0.4, -0.2) is 30.0 Å². The zero-order valence-electron chi connectivity index (χ0n) is 16.3. The Morgan fingerprint density at radius 2 is 1.36 bits per heavy atom. The van der Waals surface area contributed by atoms with E-state index in [2.05, 4.69) is 10.6 Å². The zero-order valence-corrected chi connectivity index (χ0v) is 16.3. The Balaban J connectivity index is 1.90. The topological polar surface area (TPSA) is 93.7 Å². The van der Waals surface area contributed by atoms with Crippen LogP contribution in [-0.2, 0) is 14.3 Å². The van der Waals surface area contributed by atoms with E-state index in [9.17, 15) is 14.4 Å². The van der Waals surface area contributed by atoms with Gasteiger partial charge in [-0.2, -0.15) is 0 Å². The molecule has 0 heterocycles. The number of esters is 1. The van der Waals surface area contributed by atoms with Crippen LogP contribution in [0.15, 0.2) is 48.5 Å². The third kappa shape index (κ3) is 6.42. The van der Waals surface area contributed by atoms with Crippen LogP contribution in [0.4, 0.5) is 11.4 Å². The van der Waals surface area contributed by atoms with Crippen LogP contribution in [0.2, 0.25) is 0 Å². The van der Waals surface area contributed by atoms with Crippen molar-refractivity contribution >= 4 is 29.2 Å².